The number of aliphatic hydroxyl groups excluding tert-OH is 1. The molecule has 0 aliphatic rings. The number of nitrogen functional groups attached to an aromatic ring is 1. The normalized spacial score (nSPS) is 13.7. The van der Waals surface area contributed by atoms with Crippen LogP contribution in [0.1, 0.15) is 38.8 Å². The molecule has 18 heavy (non-hydrogen) atoms. The van der Waals surface area contributed by atoms with Crippen LogP contribution in [0.25, 0.3) is 0 Å². The third-order valence-corrected chi connectivity index (χ3v) is 2.90. The predicted molar refractivity (Wildman–Crippen MR) is 72.8 cm³/mol. The third kappa shape index (κ3) is 3.96. The Labute approximate surface area is 108 Å². The Bertz CT molecular complexity index is 417. The van der Waals surface area contributed by atoms with Gasteiger partial charge in [0.15, 0.2) is 0 Å². The standard InChI is InChI=1S/C14H23FN2O/c1-5-11-6-10(7-12(15)13(11)16)8-14(3,4)17-9(2)18/h6-7,9,17-18H,5,8,16H2,1-4H3. The summed E-state index contributed by atoms with van der Waals surface area (Å²) in [6, 6.07) is 3.41. The predicted octanol–water partition coefficient (Wildman–Crippen LogP) is 2.22. The van der Waals surface area contributed by atoms with Crippen molar-refractivity contribution in [2.24, 2.45) is 0 Å². The largest absolute Gasteiger partial charge is 0.396 e. The fourth-order valence-corrected chi connectivity index (χ4v) is 2.26. The first-order chi connectivity index (χ1) is 8.25. The van der Waals surface area contributed by atoms with Gasteiger partial charge in [0.2, 0.25) is 0 Å². The summed E-state index contributed by atoms with van der Waals surface area (Å²) in [7, 11) is 0. The summed E-state index contributed by atoms with van der Waals surface area (Å²) in [6.07, 6.45) is 0.743. The molecule has 0 aromatic heterocycles. The second-order valence-corrected chi connectivity index (χ2v) is 5.38. The minimum Gasteiger partial charge on any atom is -0.396 e. The van der Waals surface area contributed by atoms with Crippen molar-refractivity contribution in [1.82, 2.24) is 5.32 Å². The van der Waals surface area contributed by atoms with Crippen LogP contribution in [0.4, 0.5) is 10.1 Å². The van der Waals surface area contributed by atoms with Crippen molar-refractivity contribution in [3.05, 3.63) is 29.1 Å². The molecular weight excluding hydrogens is 231 g/mol. The van der Waals surface area contributed by atoms with Crippen molar-refractivity contribution in [2.45, 2.75) is 52.3 Å². The second-order valence-electron chi connectivity index (χ2n) is 5.38. The summed E-state index contributed by atoms with van der Waals surface area (Å²) >= 11 is 0. The molecule has 0 aliphatic heterocycles. The summed E-state index contributed by atoms with van der Waals surface area (Å²) in [5, 5.41) is 12.4. The molecule has 4 heteroatoms. The molecule has 1 aromatic carbocycles. The molecule has 0 heterocycles. The van der Waals surface area contributed by atoms with Crippen molar-refractivity contribution in [2.75, 3.05) is 5.73 Å². The Morgan fingerprint density at radius 1 is 1.44 bits per heavy atom. The smallest absolute Gasteiger partial charge is 0.146 e. The summed E-state index contributed by atoms with van der Waals surface area (Å²) in [5.74, 6) is -0.364. The lowest BCUT2D eigenvalue weighted by molar-refractivity contribution is 0.118. The van der Waals surface area contributed by atoms with E-state index in [9.17, 15) is 9.50 Å². The second kappa shape index (κ2) is 5.67. The maximum absolute atomic E-state index is 13.7. The zero-order valence-corrected chi connectivity index (χ0v) is 11.5. The highest BCUT2D eigenvalue weighted by atomic mass is 19.1. The minimum atomic E-state index is -0.593. The van der Waals surface area contributed by atoms with Crippen LogP contribution in [-0.4, -0.2) is 16.9 Å². The van der Waals surface area contributed by atoms with Gasteiger partial charge < -0.3 is 10.8 Å². The molecule has 0 fully saturated rings. The van der Waals surface area contributed by atoms with Crippen LogP contribution in [0.15, 0.2) is 12.1 Å². The van der Waals surface area contributed by atoms with Crippen molar-refractivity contribution in [3.8, 4) is 0 Å². The molecule has 0 amide bonds. The number of hydrogen-bond acceptors (Lipinski definition) is 3. The number of halogens is 1. The van der Waals surface area contributed by atoms with Gasteiger partial charge in [-0.2, -0.15) is 0 Å². The summed E-state index contributed by atoms with van der Waals surface area (Å²) in [5.41, 5.74) is 7.33. The van der Waals surface area contributed by atoms with Gasteiger partial charge >= 0.3 is 0 Å². The summed E-state index contributed by atoms with van der Waals surface area (Å²) in [6.45, 7) is 7.57. The Hall–Kier alpha value is -1.13. The first kappa shape index (κ1) is 14.9. The topological polar surface area (TPSA) is 58.3 Å². The molecule has 1 atom stereocenters. The van der Waals surface area contributed by atoms with E-state index in [-0.39, 0.29) is 17.0 Å². The van der Waals surface area contributed by atoms with Crippen LogP contribution >= 0.6 is 0 Å². The Morgan fingerprint density at radius 2 is 2.06 bits per heavy atom. The number of nitrogens with one attached hydrogen (secondary N) is 1. The maximum atomic E-state index is 13.7. The van der Waals surface area contributed by atoms with E-state index in [4.69, 9.17) is 5.73 Å². The molecule has 0 aliphatic carbocycles. The molecule has 1 rings (SSSR count). The SMILES string of the molecule is CCc1cc(CC(C)(C)NC(C)O)cc(F)c1N. The lowest BCUT2D eigenvalue weighted by Gasteiger charge is -2.28. The van der Waals surface area contributed by atoms with Crippen LogP contribution < -0.4 is 11.1 Å². The molecule has 102 valence electrons. The summed E-state index contributed by atoms with van der Waals surface area (Å²) in [4.78, 5) is 0. The van der Waals surface area contributed by atoms with Crippen molar-refractivity contribution in [1.29, 1.82) is 0 Å². The average Bonchev–Trinajstić information content (AvgIpc) is 2.20. The van der Waals surface area contributed by atoms with E-state index >= 15 is 0 Å². The third-order valence-electron chi connectivity index (χ3n) is 2.90. The number of aliphatic hydroxyl groups is 1. The lowest BCUT2D eigenvalue weighted by Crippen LogP contribution is -2.46. The van der Waals surface area contributed by atoms with Gasteiger partial charge in [0.1, 0.15) is 12.0 Å². The van der Waals surface area contributed by atoms with Gasteiger partial charge in [0.05, 0.1) is 5.69 Å². The van der Waals surface area contributed by atoms with Gasteiger partial charge in [-0.3, -0.25) is 5.32 Å². The number of benzene rings is 1. The van der Waals surface area contributed by atoms with Gasteiger partial charge in [-0.1, -0.05) is 13.0 Å². The van der Waals surface area contributed by atoms with Crippen LogP contribution in [0.2, 0.25) is 0 Å². The van der Waals surface area contributed by atoms with E-state index in [1.165, 1.54) is 6.07 Å². The van der Waals surface area contributed by atoms with E-state index < -0.39 is 6.23 Å². The highest BCUT2D eigenvalue weighted by Gasteiger charge is 2.20. The average molecular weight is 254 g/mol. The zero-order valence-electron chi connectivity index (χ0n) is 11.5. The minimum absolute atomic E-state index is 0.238. The van der Waals surface area contributed by atoms with E-state index in [1.807, 2.05) is 26.8 Å². The monoisotopic (exact) mass is 254 g/mol. The number of aryl methyl sites for hydroxylation is 1. The Balaban J connectivity index is 2.94. The molecular formula is C14H23FN2O. The van der Waals surface area contributed by atoms with Crippen molar-refractivity contribution >= 4 is 5.69 Å². The molecule has 3 nitrogen and oxygen atoms in total. The molecule has 0 spiro atoms. The zero-order chi connectivity index (χ0) is 13.9. The number of rotatable bonds is 5. The maximum Gasteiger partial charge on any atom is 0.146 e. The Kier molecular flexibility index (Phi) is 4.71. The molecule has 4 N–H and O–H groups in total. The van der Waals surface area contributed by atoms with Crippen LogP contribution in [0.3, 0.4) is 0 Å². The number of nitrogens with two attached hydrogens (primary N) is 1. The molecule has 1 unspecified atom stereocenters. The number of anilines is 1. The van der Waals surface area contributed by atoms with Gasteiger partial charge in [-0.15, -0.1) is 0 Å². The highest BCUT2D eigenvalue weighted by molar-refractivity contribution is 5.50. The quantitative estimate of drug-likeness (QED) is 0.558. The van der Waals surface area contributed by atoms with Crippen LogP contribution in [0.5, 0.6) is 0 Å². The molecule has 0 saturated heterocycles. The van der Waals surface area contributed by atoms with Crippen molar-refractivity contribution in [3.63, 3.8) is 0 Å². The van der Waals surface area contributed by atoms with E-state index in [1.54, 1.807) is 6.92 Å². The first-order valence-corrected chi connectivity index (χ1v) is 6.27. The highest BCUT2D eigenvalue weighted by Crippen LogP contribution is 2.22. The molecule has 1 aromatic rings. The number of hydrogen-bond donors (Lipinski definition) is 3. The van der Waals surface area contributed by atoms with E-state index in [2.05, 4.69) is 5.32 Å². The fraction of sp³-hybridized carbons (Fsp3) is 0.571. The van der Waals surface area contributed by atoms with E-state index in [0.717, 1.165) is 11.1 Å². The van der Waals surface area contributed by atoms with E-state index in [0.29, 0.717) is 12.8 Å². The van der Waals surface area contributed by atoms with Gasteiger partial charge in [0, 0.05) is 5.54 Å². The Morgan fingerprint density at radius 3 is 2.56 bits per heavy atom. The first-order valence-electron chi connectivity index (χ1n) is 6.27. The van der Waals surface area contributed by atoms with Gasteiger partial charge in [-0.05, 0) is 50.8 Å². The van der Waals surface area contributed by atoms with Crippen LogP contribution in [0, 0.1) is 5.82 Å². The molecule has 0 bridgehead atoms. The molecule has 0 saturated carbocycles. The van der Waals surface area contributed by atoms with Crippen LogP contribution in [-0.2, 0) is 12.8 Å². The van der Waals surface area contributed by atoms with Gasteiger partial charge in [0.25, 0.3) is 0 Å². The molecule has 0 radical (unpaired) electrons. The summed E-state index contributed by atoms with van der Waals surface area (Å²) < 4.78 is 13.7. The van der Waals surface area contributed by atoms with Gasteiger partial charge in [-0.25, -0.2) is 4.39 Å². The fourth-order valence-electron chi connectivity index (χ4n) is 2.26. The lowest BCUT2D eigenvalue weighted by atomic mass is 9.93. The van der Waals surface area contributed by atoms with Crippen molar-refractivity contribution < 1.29 is 9.50 Å².